The first kappa shape index (κ1) is 12.2. The highest BCUT2D eigenvalue weighted by Gasteiger charge is 2.10. The first-order valence-corrected chi connectivity index (χ1v) is 5.76. The minimum atomic E-state index is -0.315. The summed E-state index contributed by atoms with van der Waals surface area (Å²) in [5.41, 5.74) is 0. The fourth-order valence-corrected chi connectivity index (χ4v) is 1.90. The molecule has 0 aliphatic rings. The van der Waals surface area contributed by atoms with Crippen LogP contribution in [0.1, 0.15) is 14.5 Å². The molecule has 6 nitrogen and oxygen atoms in total. The van der Waals surface area contributed by atoms with Crippen LogP contribution in [0.25, 0.3) is 0 Å². The lowest BCUT2D eigenvalue weighted by atomic mass is 10.4. The lowest BCUT2D eigenvalue weighted by molar-refractivity contribution is 0.102. The summed E-state index contributed by atoms with van der Waals surface area (Å²) in [4.78, 5) is 16.8. The van der Waals surface area contributed by atoms with Gasteiger partial charge in [-0.3, -0.25) is 10.1 Å². The SMILES string of the molecule is O=C(Nc1nccnn1)c1ccc(C#CCO)s1. The number of nitrogens with zero attached hydrogens (tertiary/aromatic N) is 3. The molecule has 2 aromatic heterocycles. The zero-order valence-corrected chi connectivity index (χ0v) is 9.94. The van der Waals surface area contributed by atoms with E-state index < -0.39 is 0 Å². The van der Waals surface area contributed by atoms with E-state index in [-0.39, 0.29) is 18.5 Å². The Bertz CT molecular complexity index is 600. The molecule has 0 atom stereocenters. The van der Waals surface area contributed by atoms with Crippen molar-refractivity contribution >= 4 is 23.2 Å². The van der Waals surface area contributed by atoms with Crippen LogP contribution in [0.3, 0.4) is 0 Å². The van der Waals surface area contributed by atoms with Crippen molar-refractivity contribution in [1.82, 2.24) is 15.2 Å². The van der Waals surface area contributed by atoms with Crippen molar-refractivity contribution in [3.05, 3.63) is 34.3 Å². The molecule has 0 aliphatic heterocycles. The lowest BCUT2D eigenvalue weighted by Gasteiger charge is -1.98. The van der Waals surface area contributed by atoms with Crippen LogP contribution in [-0.4, -0.2) is 32.8 Å². The molecule has 0 bridgehead atoms. The summed E-state index contributed by atoms with van der Waals surface area (Å²) in [6.45, 7) is -0.205. The van der Waals surface area contributed by atoms with E-state index in [4.69, 9.17) is 5.11 Å². The summed E-state index contributed by atoms with van der Waals surface area (Å²) in [5, 5.41) is 18.3. The summed E-state index contributed by atoms with van der Waals surface area (Å²) >= 11 is 1.23. The average molecular weight is 260 g/mol. The van der Waals surface area contributed by atoms with Gasteiger partial charge in [-0.15, -0.1) is 16.4 Å². The molecule has 0 unspecified atom stereocenters. The molecule has 2 rings (SSSR count). The van der Waals surface area contributed by atoms with Crippen LogP contribution in [0, 0.1) is 11.8 Å². The molecule has 0 radical (unpaired) electrons. The predicted molar refractivity (Wildman–Crippen MR) is 66.1 cm³/mol. The van der Waals surface area contributed by atoms with Crippen molar-refractivity contribution in [3.8, 4) is 11.8 Å². The molecule has 7 heteroatoms. The summed E-state index contributed by atoms with van der Waals surface area (Å²) in [6.07, 6.45) is 2.86. The highest BCUT2D eigenvalue weighted by Crippen LogP contribution is 2.16. The maximum Gasteiger partial charge on any atom is 0.268 e. The fourth-order valence-electron chi connectivity index (χ4n) is 1.12. The average Bonchev–Trinajstić information content (AvgIpc) is 2.86. The van der Waals surface area contributed by atoms with Crippen molar-refractivity contribution in [1.29, 1.82) is 0 Å². The Morgan fingerprint density at radius 1 is 1.44 bits per heavy atom. The highest BCUT2D eigenvalue weighted by atomic mass is 32.1. The van der Waals surface area contributed by atoms with E-state index in [1.165, 1.54) is 23.7 Å². The van der Waals surface area contributed by atoms with Crippen LogP contribution in [0.5, 0.6) is 0 Å². The van der Waals surface area contributed by atoms with Gasteiger partial charge in [-0.05, 0) is 12.1 Å². The maximum atomic E-state index is 11.8. The van der Waals surface area contributed by atoms with E-state index >= 15 is 0 Å². The molecule has 90 valence electrons. The van der Waals surface area contributed by atoms with Crippen LogP contribution >= 0.6 is 11.3 Å². The molecule has 2 heterocycles. The van der Waals surface area contributed by atoms with Gasteiger partial charge in [-0.1, -0.05) is 11.8 Å². The lowest BCUT2D eigenvalue weighted by Crippen LogP contribution is -2.12. The second kappa shape index (κ2) is 5.86. The summed E-state index contributed by atoms with van der Waals surface area (Å²) < 4.78 is 0. The maximum absolute atomic E-state index is 11.8. The second-order valence-corrected chi connectivity index (χ2v) is 4.13. The number of thiophene rings is 1. The van der Waals surface area contributed by atoms with Crippen molar-refractivity contribution in [2.75, 3.05) is 11.9 Å². The van der Waals surface area contributed by atoms with Gasteiger partial charge in [0.15, 0.2) is 0 Å². The number of aliphatic hydroxyl groups excluding tert-OH is 1. The van der Waals surface area contributed by atoms with Crippen molar-refractivity contribution in [2.45, 2.75) is 0 Å². The van der Waals surface area contributed by atoms with E-state index in [1.54, 1.807) is 12.1 Å². The molecular formula is C11H8N4O2S. The van der Waals surface area contributed by atoms with Gasteiger partial charge in [-0.25, -0.2) is 4.98 Å². The van der Waals surface area contributed by atoms with Gasteiger partial charge in [-0.2, -0.15) is 5.10 Å². The van der Waals surface area contributed by atoms with E-state index in [1.807, 2.05) is 0 Å². The Hall–Kier alpha value is -2.30. The molecule has 0 saturated heterocycles. The molecule has 0 saturated carbocycles. The van der Waals surface area contributed by atoms with E-state index in [9.17, 15) is 4.79 Å². The van der Waals surface area contributed by atoms with Gasteiger partial charge in [0.2, 0.25) is 5.95 Å². The number of amides is 1. The van der Waals surface area contributed by atoms with Crippen LogP contribution in [0.4, 0.5) is 5.95 Å². The number of aromatic nitrogens is 3. The van der Waals surface area contributed by atoms with Gasteiger partial charge in [0.25, 0.3) is 5.91 Å². The van der Waals surface area contributed by atoms with Gasteiger partial charge in [0, 0.05) is 0 Å². The fraction of sp³-hybridized carbons (Fsp3) is 0.0909. The van der Waals surface area contributed by atoms with E-state index in [0.29, 0.717) is 9.75 Å². The standard InChI is InChI=1S/C11H8N4O2S/c16-7-1-2-8-3-4-9(18-8)10(17)14-11-12-5-6-13-15-11/h3-6,16H,7H2,(H,12,14,15,17). The number of hydrogen-bond acceptors (Lipinski definition) is 6. The van der Waals surface area contributed by atoms with Gasteiger partial charge in [0.1, 0.15) is 6.61 Å². The normalized spacial score (nSPS) is 9.39. The first-order valence-electron chi connectivity index (χ1n) is 4.94. The zero-order valence-electron chi connectivity index (χ0n) is 9.12. The summed E-state index contributed by atoms with van der Waals surface area (Å²) in [6, 6.07) is 3.37. The molecule has 18 heavy (non-hydrogen) atoms. The smallest absolute Gasteiger partial charge is 0.268 e. The Kier molecular flexibility index (Phi) is 3.96. The van der Waals surface area contributed by atoms with Crippen LogP contribution < -0.4 is 5.32 Å². The van der Waals surface area contributed by atoms with Crippen LogP contribution in [0.15, 0.2) is 24.5 Å². The largest absolute Gasteiger partial charge is 0.384 e. The summed E-state index contributed by atoms with van der Waals surface area (Å²) in [7, 11) is 0. The van der Waals surface area contributed by atoms with Crippen molar-refractivity contribution in [3.63, 3.8) is 0 Å². The third-order valence-corrected chi connectivity index (χ3v) is 2.83. The topological polar surface area (TPSA) is 88.0 Å². The van der Waals surface area contributed by atoms with Crippen LogP contribution in [-0.2, 0) is 0 Å². The molecule has 0 aliphatic carbocycles. The molecular weight excluding hydrogens is 252 g/mol. The van der Waals surface area contributed by atoms with Crippen molar-refractivity contribution in [2.24, 2.45) is 0 Å². The first-order chi connectivity index (χ1) is 8.79. The number of nitrogens with one attached hydrogen (secondary N) is 1. The third-order valence-electron chi connectivity index (χ3n) is 1.83. The monoisotopic (exact) mass is 260 g/mol. The van der Waals surface area contributed by atoms with Gasteiger partial charge >= 0.3 is 0 Å². The molecule has 2 N–H and O–H groups in total. The van der Waals surface area contributed by atoms with E-state index in [0.717, 1.165) is 0 Å². The van der Waals surface area contributed by atoms with Crippen LogP contribution in [0.2, 0.25) is 0 Å². The second-order valence-electron chi connectivity index (χ2n) is 3.04. The Morgan fingerprint density at radius 2 is 2.33 bits per heavy atom. The number of aliphatic hydroxyl groups is 1. The Labute approximate surface area is 107 Å². The Morgan fingerprint density at radius 3 is 3.06 bits per heavy atom. The predicted octanol–water partition coefficient (Wildman–Crippen LogP) is 0.529. The van der Waals surface area contributed by atoms with Gasteiger partial charge < -0.3 is 5.11 Å². The van der Waals surface area contributed by atoms with Gasteiger partial charge in [0.05, 0.1) is 22.1 Å². The molecule has 0 aromatic carbocycles. The Balaban J connectivity index is 2.08. The highest BCUT2D eigenvalue weighted by molar-refractivity contribution is 7.14. The molecule has 1 amide bonds. The minimum Gasteiger partial charge on any atom is -0.384 e. The number of hydrogen-bond donors (Lipinski definition) is 2. The number of carbonyl (C=O) groups is 1. The number of rotatable bonds is 2. The zero-order chi connectivity index (χ0) is 12.8. The number of anilines is 1. The molecule has 2 aromatic rings. The molecule has 0 spiro atoms. The quantitative estimate of drug-likeness (QED) is 0.769. The minimum absolute atomic E-state index is 0.152. The third kappa shape index (κ3) is 3.10. The summed E-state index contributed by atoms with van der Waals surface area (Å²) in [5.74, 6) is 5.08. The van der Waals surface area contributed by atoms with Crippen molar-refractivity contribution < 1.29 is 9.90 Å². The molecule has 0 fully saturated rings. The number of carbonyl (C=O) groups excluding carboxylic acids is 1. The van der Waals surface area contributed by atoms with E-state index in [2.05, 4.69) is 32.3 Å².